The van der Waals surface area contributed by atoms with E-state index < -0.39 is 0 Å². The second-order valence-electron chi connectivity index (χ2n) is 4.43. The molecular weight excluding hydrogens is 254 g/mol. The lowest BCUT2D eigenvalue weighted by Crippen LogP contribution is -2.23. The molecule has 5 heteroatoms. The third-order valence-electron chi connectivity index (χ3n) is 3.02. The predicted molar refractivity (Wildman–Crippen MR) is 79.4 cm³/mol. The van der Waals surface area contributed by atoms with Crippen LogP contribution in [0.15, 0.2) is 41.3 Å². The van der Waals surface area contributed by atoms with E-state index in [-0.39, 0.29) is 5.56 Å². The van der Waals surface area contributed by atoms with Crippen molar-refractivity contribution in [1.29, 1.82) is 0 Å². The molecule has 2 rings (SSSR count). The van der Waals surface area contributed by atoms with Crippen LogP contribution in [0.2, 0.25) is 0 Å². The van der Waals surface area contributed by atoms with E-state index in [4.69, 9.17) is 4.74 Å². The zero-order valence-electron chi connectivity index (χ0n) is 11.8. The summed E-state index contributed by atoms with van der Waals surface area (Å²) in [6.07, 6.45) is 2.44. The van der Waals surface area contributed by atoms with Crippen molar-refractivity contribution < 1.29 is 4.74 Å². The van der Waals surface area contributed by atoms with Crippen LogP contribution < -0.4 is 15.6 Å². The molecule has 0 aliphatic carbocycles. The van der Waals surface area contributed by atoms with Gasteiger partial charge in [0.15, 0.2) is 0 Å². The van der Waals surface area contributed by atoms with Crippen LogP contribution in [-0.2, 0) is 13.0 Å². The van der Waals surface area contributed by atoms with Crippen LogP contribution >= 0.6 is 0 Å². The van der Waals surface area contributed by atoms with Crippen LogP contribution in [0.4, 0.5) is 5.69 Å². The molecule has 0 bridgehead atoms. The topological polar surface area (TPSA) is 56.1 Å². The van der Waals surface area contributed by atoms with E-state index in [2.05, 4.69) is 10.4 Å². The molecule has 0 saturated heterocycles. The maximum Gasteiger partial charge on any atom is 0.268 e. The van der Waals surface area contributed by atoms with Crippen molar-refractivity contribution in [3.8, 4) is 5.75 Å². The predicted octanol–water partition coefficient (Wildman–Crippen LogP) is 1.93. The molecule has 0 saturated carbocycles. The van der Waals surface area contributed by atoms with Gasteiger partial charge < -0.3 is 10.1 Å². The summed E-state index contributed by atoms with van der Waals surface area (Å²) in [7, 11) is 1.64. The maximum atomic E-state index is 11.9. The van der Waals surface area contributed by atoms with Crippen LogP contribution in [0.1, 0.15) is 12.5 Å². The van der Waals surface area contributed by atoms with E-state index in [0.717, 1.165) is 30.0 Å². The van der Waals surface area contributed by atoms with Crippen molar-refractivity contribution in [3.63, 3.8) is 0 Å². The fraction of sp³-hybridized carbons (Fsp3) is 0.333. The zero-order valence-corrected chi connectivity index (χ0v) is 11.8. The first-order valence-corrected chi connectivity index (χ1v) is 6.67. The minimum atomic E-state index is -0.0861. The van der Waals surface area contributed by atoms with Gasteiger partial charge in [0, 0.05) is 19.2 Å². The summed E-state index contributed by atoms with van der Waals surface area (Å²) < 4.78 is 6.59. The highest BCUT2D eigenvalue weighted by Crippen LogP contribution is 2.11. The highest BCUT2D eigenvalue weighted by molar-refractivity contribution is 5.38. The molecule has 20 heavy (non-hydrogen) atoms. The van der Waals surface area contributed by atoms with Crippen LogP contribution in [0.25, 0.3) is 0 Å². The number of benzene rings is 1. The first-order valence-electron chi connectivity index (χ1n) is 6.67. The minimum Gasteiger partial charge on any atom is -0.497 e. The van der Waals surface area contributed by atoms with Crippen molar-refractivity contribution in [1.82, 2.24) is 9.78 Å². The normalized spacial score (nSPS) is 10.3. The van der Waals surface area contributed by atoms with E-state index in [0.29, 0.717) is 6.54 Å². The molecule has 0 unspecified atom stereocenters. The third kappa shape index (κ3) is 3.60. The van der Waals surface area contributed by atoms with E-state index >= 15 is 0 Å². The van der Waals surface area contributed by atoms with E-state index in [1.165, 1.54) is 4.68 Å². The summed E-state index contributed by atoms with van der Waals surface area (Å²) in [6, 6.07) is 9.40. The second-order valence-corrected chi connectivity index (χ2v) is 4.43. The molecule has 106 valence electrons. The molecule has 0 amide bonds. The first kappa shape index (κ1) is 14.1. The minimum absolute atomic E-state index is 0.0861. The van der Waals surface area contributed by atoms with Gasteiger partial charge in [0.25, 0.3) is 5.56 Å². The molecule has 0 aliphatic heterocycles. The van der Waals surface area contributed by atoms with Crippen LogP contribution in [-0.4, -0.2) is 23.4 Å². The number of nitrogens with one attached hydrogen (secondary N) is 1. The Morgan fingerprint density at radius 3 is 2.65 bits per heavy atom. The number of ether oxygens (including phenoxy) is 1. The summed E-state index contributed by atoms with van der Waals surface area (Å²) in [5.41, 5.74) is 1.82. The van der Waals surface area contributed by atoms with Crippen molar-refractivity contribution >= 4 is 5.69 Å². The highest BCUT2D eigenvalue weighted by atomic mass is 16.5. The largest absolute Gasteiger partial charge is 0.497 e. The lowest BCUT2D eigenvalue weighted by Gasteiger charge is -2.07. The fourth-order valence-electron chi connectivity index (χ4n) is 1.93. The standard InChI is InChI=1S/C15H19N3O2/c1-3-16-13-10-15(19)18(17-11-13)9-8-12-4-6-14(20-2)7-5-12/h4-7,10-11,16H,3,8-9H2,1-2H3. The number of methoxy groups -OCH3 is 1. The lowest BCUT2D eigenvalue weighted by molar-refractivity contribution is 0.414. The molecule has 0 spiro atoms. The van der Waals surface area contributed by atoms with Crippen molar-refractivity contribution in [2.75, 3.05) is 19.0 Å². The summed E-state index contributed by atoms with van der Waals surface area (Å²) in [4.78, 5) is 11.9. The molecule has 0 aliphatic rings. The molecule has 0 atom stereocenters. The maximum absolute atomic E-state index is 11.9. The van der Waals surface area contributed by atoms with Gasteiger partial charge in [0.1, 0.15) is 5.75 Å². The van der Waals surface area contributed by atoms with Gasteiger partial charge in [-0.2, -0.15) is 5.10 Å². The number of aromatic nitrogens is 2. The smallest absolute Gasteiger partial charge is 0.268 e. The van der Waals surface area contributed by atoms with E-state index in [1.807, 2.05) is 31.2 Å². The third-order valence-corrected chi connectivity index (χ3v) is 3.02. The summed E-state index contributed by atoms with van der Waals surface area (Å²) in [5, 5.41) is 7.23. The Hall–Kier alpha value is -2.30. The van der Waals surface area contributed by atoms with Gasteiger partial charge in [-0.1, -0.05) is 12.1 Å². The Balaban J connectivity index is 2.01. The monoisotopic (exact) mass is 273 g/mol. The number of rotatable bonds is 6. The van der Waals surface area contributed by atoms with Crippen molar-refractivity contribution in [3.05, 3.63) is 52.4 Å². The molecule has 1 aromatic heterocycles. The Labute approximate surface area is 118 Å². The number of aryl methyl sites for hydroxylation is 2. The van der Waals surface area contributed by atoms with Gasteiger partial charge in [0.2, 0.25) is 0 Å². The molecule has 2 aromatic rings. The van der Waals surface area contributed by atoms with Gasteiger partial charge in [-0.05, 0) is 31.0 Å². The average Bonchev–Trinajstić information content (AvgIpc) is 2.47. The molecule has 1 heterocycles. The highest BCUT2D eigenvalue weighted by Gasteiger charge is 2.01. The van der Waals surface area contributed by atoms with Gasteiger partial charge in [-0.25, -0.2) is 4.68 Å². The van der Waals surface area contributed by atoms with Gasteiger partial charge >= 0.3 is 0 Å². The summed E-state index contributed by atoms with van der Waals surface area (Å²) >= 11 is 0. The number of hydrogen-bond acceptors (Lipinski definition) is 4. The SMILES string of the molecule is CCNc1cnn(CCc2ccc(OC)cc2)c(=O)c1. The van der Waals surface area contributed by atoms with Gasteiger partial charge in [-0.15, -0.1) is 0 Å². The summed E-state index contributed by atoms with van der Waals surface area (Å²) in [6.45, 7) is 3.32. The number of nitrogens with zero attached hydrogens (tertiary/aromatic N) is 2. The first-order chi connectivity index (χ1) is 9.72. The molecule has 0 fully saturated rings. The molecule has 5 nitrogen and oxygen atoms in total. The Morgan fingerprint density at radius 1 is 1.30 bits per heavy atom. The Bertz CT molecular complexity index is 605. The zero-order chi connectivity index (χ0) is 14.4. The second kappa shape index (κ2) is 6.75. The Morgan fingerprint density at radius 2 is 2.05 bits per heavy atom. The lowest BCUT2D eigenvalue weighted by atomic mass is 10.1. The number of hydrogen-bond donors (Lipinski definition) is 1. The molecule has 1 aromatic carbocycles. The van der Waals surface area contributed by atoms with E-state index in [1.54, 1.807) is 19.4 Å². The average molecular weight is 273 g/mol. The van der Waals surface area contributed by atoms with Crippen LogP contribution in [0, 0.1) is 0 Å². The van der Waals surface area contributed by atoms with Crippen LogP contribution in [0.3, 0.4) is 0 Å². The molecule has 0 radical (unpaired) electrons. The van der Waals surface area contributed by atoms with Gasteiger partial charge in [0.05, 0.1) is 19.0 Å². The van der Waals surface area contributed by atoms with Crippen LogP contribution in [0.5, 0.6) is 5.75 Å². The fourth-order valence-corrected chi connectivity index (χ4v) is 1.93. The quantitative estimate of drug-likeness (QED) is 0.873. The molecular formula is C15H19N3O2. The molecule has 1 N–H and O–H groups in total. The van der Waals surface area contributed by atoms with Gasteiger partial charge in [-0.3, -0.25) is 4.79 Å². The number of anilines is 1. The Kier molecular flexibility index (Phi) is 4.76. The van der Waals surface area contributed by atoms with E-state index in [9.17, 15) is 4.79 Å². The van der Waals surface area contributed by atoms with Crippen molar-refractivity contribution in [2.24, 2.45) is 0 Å². The van der Waals surface area contributed by atoms with Crippen molar-refractivity contribution in [2.45, 2.75) is 19.9 Å². The summed E-state index contributed by atoms with van der Waals surface area (Å²) in [5.74, 6) is 0.832.